The van der Waals surface area contributed by atoms with Crippen molar-refractivity contribution < 1.29 is 8.78 Å². The number of hydrogen-bond acceptors (Lipinski definition) is 4. The van der Waals surface area contributed by atoms with E-state index in [1.165, 1.54) is 6.33 Å². The number of imidazole rings is 1. The van der Waals surface area contributed by atoms with E-state index < -0.39 is 5.92 Å². The molecule has 2 aromatic heterocycles. The summed E-state index contributed by atoms with van der Waals surface area (Å²) in [7, 11) is 0. The van der Waals surface area contributed by atoms with Crippen molar-refractivity contribution in [2.75, 3.05) is 18.0 Å². The second-order valence-electron chi connectivity index (χ2n) is 5.19. The van der Waals surface area contributed by atoms with E-state index in [-0.39, 0.29) is 18.9 Å². The van der Waals surface area contributed by atoms with E-state index in [2.05, 4.69) is 19.9 Å². The first kappa shape index (κ1) is 12.3. The fourth-order valence-electron chi connectivity index (χ4n) is 2.24. The van der Waals surface area contributed by atoms with E-state index in [0.29, 0.717) is 29.4 Å². The Kier molecular flexibility index (Phi) is 2.65. The molecule has 7 heteroatoms. The molecule has 0 bridgehead atoms. The first-order chi connectivity index (χ1) is 8.96. The maximum absolute atomic E-state index is 13.4. The van der Waals surface area contributed by atoms with Crippen LogP contribution in [0, 0.1) is 0 Å². The molecule has 3 heterocycles. The number of rotatable bonds is 2. The lowest BCUT2D eigenvalue weighted by Crippen LogP contribution is -2.26. The number of halogens is 2. The average molecular weight is 267 g/mol. The number of H-pyrrole nitrogens is 1. The molecular weight excluding hydrogens is 252 g/mol. The second kappa shape index (κ2) is 4.11. The van der Waals surface area contributed by atoms with Crippen molar-refractivity contribution in [1.29, 1.82) is 0 Å². The van der Waals surface area contributed by atoms with E-state index in [1.54, 1.807) is 4.90 Å². The van der Waals surface area contributed by atoms with Crippen LogP contribution in [0.4, 0.5) is 14.6 Å². The van der Waals surface area contributed by atoms with Crippen molar-refractivity contribution in [3.05, 3.63) is 12.2 Å². The highest BCUT2D eigenvalue weighted by atomic mass is 19.3. The van der Waals surface area contributed by atoms with Gasteiger partial charge in [0.15, 0.2) is 11.5 Å². The molecule has 0 unspecified atom stereocenters. The van der Waals surface area contributed by atoms with Crippen LogP contribution in [-0.4, -0.2) is 38.9 Å². The van der Waals surface area contributed by atoms with Gasteiger partial charge in [-0.3, -0.25) is 0 Å². The van der Waals surface area contributed by atoms with Gasteiger partial charge in [-0.25, -0.2) is 23.7 Å². The fraction of sp³-hybridized carbons (Fsp3) is 0.583. The maximum Gasteiger partial charge on any atom is 0.266 e. The summed E-state index contributed by atoms with van der Waals surface area (Å²) in [6, 6.07) is 0. The molecule has 0 saturated carbocycles. The molecule has 1 fully saturated rings. The van der Waals surface area contributed by atoms with E-state index in [0.717, 1.165) is 0 Å². The van der Waals surface area contributed by atoms with Gasteiger partial charge in [-0.2, -0.15) is 0 Å². The molecular formula is C12H15F2N5. The fourth-order valence-corrected chi connectivity index (χ4v) is 2.24. The van der Waals surface area contributed by atoms with Crippen molar-refractivity contribution in [2.24, 2.45) is 0 Å². The van der Waals surface area contributed by atoms with Gasteiger partial charge < -0.3 is 9.88 Å². The van der Waals surface area contributed by atoms with Gasteiger partial charge in [0.25, 0.3) is 5.92 Å². The first-order valence-electron chi connectivity index (χ1n) is 6.30. The number of nitrogens with zero attached hydrogens (tertiary/aromatic N) is 4. The minimum atomic E-state index is -2.64. The summed E-state index contributed by atoms with van der Waals surface area (Å²) in [4.78, 5) is 17.4. The van der Waals surface area contributed by atoms with Crippen molar-refractivity contribution >= 4 is 17.0 Å². The third-order valence-corrected chi connectivity index (χ3v) is 3.27. The lowest BCUT2D eigenvalue weighted by Gasteiger charge is -2.18. The van der Waals surface area contributed by atoms with Crippen LogP contribution >= 0.6 is 0 Å². The van der Waals surface area contributed by atoms with Gasteiger partial charge in [0.05, 0.1) is 12.9 Å². The summed E-state index contributed by atoms with van der Waals surface area (Å²) < 4.78 is 26.7. The SMILES string of the molecule is CC(C)c1nc(N2CCC(F)(F)C2)c2[nH]cnc2n1. The monoisotopic (exact) mass is 267 g/mol. The lowest BCUT2D eigenvalue weighted by molar-refractivity contribution is 0.0257. The molecule has 3 rings (SSSR count). The molecule has 2 aromatic rings. The van der Waals surface area contributed by atoms with Crippen LogP contribution in [0.1, 0.15) is 32.0 Å². The molecule has 0 radical (unpaired) electrons. The van der Waals surface area contributed by atoms with Gasteiger partial charge in [0.2, 0.25) is 0 Å². The number of alkyl halides is 2. The van der Waals surface area contributed by atoms with Crippen LogP contribution < -0.4 is 4.90 Å². The highest BCUT2D eigenvalue weighted by Crippen LogP contribution is 2.32. The predicted octanol–water partition coefficient (Wildman–Crippen LogP) is 2.32. The molecule has 1 aliphatic heterocycles. The van der Waals surface area contributed by atoms with Crippen molar-refractivity contribution in [3.8, 4) is 0 Å². The molecule has 1 N–H and O–H groups in total. The normalized spacial score (nSPS) is 18.7. The van der Waals surface area contributed by atoms with E-state index in [1.807, 2.05) is 13.8 Å². The van der Waals surface area contributed by atoms with Crippen LogP contribution in [0.5, 0.6) is 0 Å². The average Bonchev–Trinajstić information content (AvgIpc) is 2.93. The van der Waals surface area contributed by atoms with Crippen LogP contribution in [0.3, 0.4) is 0 Å². The van der Waals surface area contributed by atoms with Crippen molar-refractivity contribution in [1.82, 2.24) is 19.9 Å². The number of aromatic amines is 1. The highest BCUT2D eigenvalue weighted by Gasteiger charge is 2.39. The van der Waals surface area contributed by atoms with Crippen molar-refractivity contribution in [2.45, 2.75) is 32.1 Å². The molecule has 0 spiro atoms. The summed E-state index contributed by atoms with van der Waals surface area (Å²) in [5.74, 6) is -1.36. The van der Waals surface area contributed by atoms with Crippen LogP contribution in [0.15, 0.2) is 6.33 Å². The Labute approximate surface area is 109 Å². The molecule has 1 saturated heterocycles. The second-order valence-corrected chi connectivity index (χ2v) is 5.19. The third-order valence-electron chi connectivity index (χ3n) is 3.27. The van der Waals surface area contributed by atoms with Gasteiger partial charge in [-0.15, -0.1) is 0 Å². The third kappa shape index (κ3) is 2.13. The standard InChI is InChI=1S/C12H15F2N5/c1-7(2)9-17-10-8(15-6-16-10)11(18-9)19-4-3-12(13,14)5-19/h6-7H,3-5H2,1-2H3,(H,15,16,17,18). The number of fused-ring (bicyclic) bond motifs is 1. The minimum absolute atomic E-state index is 0.128. The largest absolute Gasteiger partial charge is 0.348 e. The number of aromatic nitrogens is 4. The van der Waals surface area contributed by atoms with Crippen LogP contribution in [-0.2, 0) is 0 Å². The zero-order valence-electron chi connectivity index (χ0n) is 10.8. The van der Waals surface area contributed by atoms with Gasteiger partial charge in [0.1, 0.15) is 11.3 Å². The highest BCUT2D eigenvalue weighted by molar-refractivity contribution is 5.83. The predicted molar refractivity (Wildman–Crippen MR) is 67.5 cm³/mol. The smallest absolute Gasteiger partial charge is 0.266 e. The zero-order valence-corrected chi connectivity index (χ0v) is 10.8. The van der Waals surface area contributed by atoms with Crippen molar-refractivity contribution in [3.63, 3.8) is 0 Å². The molecule has 19 heavy (non-hydrogen) atoms. The molecule has 102 valence electrons. The lowest BCUT2D eigenvalue weighted by atomic mass is 10.2. The molecule has 5 nitrogen and oxygen atoms in total. The first-order valence-corrected chi connectivity index (χ1v) is 6.30. The van der Waals surface area contributed by atoms with Gasteiger partial charge in [-0.05, 0) is 0 Å². The summed E-state index contributed by atoms with van der Waals surface area (Å²) in [6.07, 6.45) is 1.38. The molecule has 0 aromatic carbocycles. The summed E-state index contributed by atoms with van der Waals surface area (Å²) in [6.45, 7) is 3.94. The van der Waals surface area contributed by atoms with Gasteiger partial charge >= 0.3 is 0 Å². The Morgan fingerprint density at radius 2 is 2.16 bits per heavy atom. The summed E-state index contributed by atoms with van der Waals surface area (Å²) >= 11 is 0. The molecule has 0 amide bonds. The maximum atomic E-state index is 13.4. The Morgan fingerprint density at radius 1 is 1.37 bits per heavy atom. The number of anilines is 1. The quantitative estimate of drug-likeness (QED) is 0.907. The minimum Gasteiger partial charge on any atom is -0.348 e. The molecule has 0 aliphatic carbocycles. The van der Waals surface area contributed by atoms with Crippen LogP contribution in [0.25, 0.3) is 11.2 Å². The van der Waals surface area contributed by atoms with E-state index >= 15 is 0 Å². The summed E-state index contributed by atoms with van der Waals surface area (Å²) in [5.41, 5.74) is 1.16. The van der Waals surface area contributed by atoms with Gasteiger partial charge in [-0.1, -0.05) is 13.8 Å². The Morgan fingerprint density at radius 3 is 2.79 bits per heavy atom. The van der Waals surface area contributed by atoms with E-state index in [4.69, 9.17) is 0 Å². The molecule has 1 aliphatic rings. The summed E-state index contributed by atoms with van der Waals surface area (Å²) in [5, 5.41) is 0. The Bertz CT molecular complexity index is 607. The Balaban J connectivity index is 2.09. The number of hydrogen-bond donors (Lipinski definition) is 1. The van der Waals surface area contributed by atoms with Crippen LogP contribution in [0.2, 0.25) is 0 Å². The zero-order chi connectivity index (χ0) is 13.6. The number of nitrogens with one attached hydrogen (secondary N) is 1. The molecule has 0 atom stereocenters. The van der Waals surface area contributed by atoms with E-state index in [9.17, 15) is 8.78 Å². The van der Waals surface area contributed by atoms with Gasteiger partial charge in [0, 0.05) is 18.9 Å². The topological polar surface area (TPSA) is 57.7 Å². The Hall–Kier alpha value is -1.79.